The SMILES string of the molecule is N[C@@H](Cc1cccc2ccccc12)C(=O)OC(=O)CO. The molecule has 0 fully saturated rings. The van der Waals surface area contributed by atoms with Gasteiger partial charge >= 0.3 is 11.9 Å². The molecule has 5 heteroatoms. The largest absolute Gasteiger partial charge is 0.390 e. The highest BCUT2D eigenvalue weighted by Crippen LogP contribution is 2.19. The summed E-state index contributed by atoms with van der Waals surface area (Å²) in [5.41, 5.74) is 6.64. The third-order valence-electron chi connectivity index (χ3n) is 2.97. The smallest absolute Gasteiger partial charge is 0.339 e. The summed E-state index contributed by atoms with van der Waals surface area (Å²) in [7, 11) is 0. The van der Waals surface area contributed by atoms with Crippen LogP contribution in [0.5, 0.6) is 0 Å². The van der Waals surface area contributed by atoms with E-state index in [0.717, 1.165) is 16.3 Å². The standard InChI is InChI=1S/C15H15NO4/c16-13(15(19)20-14(18)9-17)8-11-6-3-5-10-4-1-2-7-12(10)11/h1-7,13,17H,8-9,16H2/t13-/m0/s1. The van der Waals surface area contributed by atoms with Crippen LogP contribution in [0.3, 0.4) is 0 Å². The van der Waals surface area contributed by atoms with E-state index in [2.05, 4.69) is 4.74 Å². The molecule has 0 radical (unpaired) electrons. The van der Waals surface area contributed by atoms with Crippen LogP contribution < -0.4 is 5.73 Å². The summed E-state index contributed by atoms with van der Waals surface area (Å²) in [5, 5.41) is 10.6. The number of aliphatic hydroxyl groups is 1. The van der Waals surface area contributed by atoms with Crippen LogP contribution in [0.15, 0.2) is 42.5 Å². The summed E-state index contributed by atoms with van der Waals surface area (Å²) in [4.78, 5) is 22.4. The van der Waals surface area contributed by atoms with Gasteiger partial charge in [0.1, 0.15) is 12.6 Å². The van der Waals surface area contributed by atoms with Gasteiger partial charge in [0, 0.05) is 0 Å². The number of ether oxygens (including phenoxy) is 1. The molecule has 0 aromatic heterocycles. The second-order valence-electron chi connectivity index (χ2n) is 4.40. The van der Waals surface area contributed by atoms with Gasteiger partial charge in [-0.25, -0.2) is 9.59 Å². The molecule has 2 rings (SSSR count). The Hall–Kier alpha value is -2.24. The Bertz CT molecular complexity index is 633. The van der Waals surface area contributed by atoms with Gasteiger partial charge in [-0.2, -0.15) is 0 Å². The number of nitrogens with two attached hydrogens (primary N) is 1. The first-order valence-electron chi connectivity index (χ1n) is 6.19. The van der Waals surface area contributed by atoms with Crippen molar-refractivity contribution in [2.24, 2.45) is 5.73 Å². The van der Waals surface area contributed by atoms with E-state index >= 15 is 0 Å². The predicted octanol–water partition coefficient (Wildman–Crippen LogP) is 0.772. The summed E-state index contributed by atoms with van der Waals surface area (Å²) in [6.07, 6.45) is 0.263. The third kappa shape index (κ3) is 3.20. The lowest BCUT2D eigenvalue weighted by molar-refractivity contribution is -0.162. The van der Waals surface area contributed by atoms with E-state index in [0.29, 0.717) is 0 Å². The van der Waals surface area contributed by atoms with Crippen molar-refractivity contribution in [2.75, 3.05) is 6.61 Å². The van der Waals surface area contributed by atoms with E-state index in [4.69, 9.17) is 10.8 Å². The summed E-state index contributed by atoms with van der Waals surface area (Å²) >= 11 is 0. The van der Waals surface area contributed by atoms with Crippen molar-refractivity contribution in [3.8, 4) is 0 Å². The third-order valence-corrected chi connectivity index (χ3v) is 2.97. The second kappa shape index (κ2) is 6.27. The molecule has 3 N–H and O–H groups in total. The Balaban J connectivity index is 2.15. The molecule has 0 unspecified atom stereocenters. The molecule has 0 amide bonds. The molecule has 1 atom stereocenters. The molecule has 0 spiro atoms. The molecule has 0 heterocycles. The molecular weight excluding hydrogens is 258 g/mol. The number of rotatable bonds is 4. The monoisotopic (exact) mass is 273 g/mol. The van der Waals surface area contributed by atoms with E-state index in [-0.39, 0.29) is 6.42 Å². The zero-order chi connectivity index (χ0) is 14.5. The number of aliphatic hydroxyl groups excluding tert-OH is 1. The first-order chi connectivity index (χ1) is 9.61. The normalized spacial score (nSPS) is 12.1. The number of carbonyl (C=O) groups is 2. The Labute approximate surface area is 116 Å². The zero-order valence-corrected chi connectivity index (χ0v) is 10.8. The Morgan fingerprint density at radius 2 is 1.85 bits per heavy atom. The minimum atomic E-state index is -0.997. The predicted molar refractivity (Wildman–Crippen MR) is 73.8 cm³/mol. The van der Waals surface area contributed by atoms with Gasteiger partial charge in [0.2, 0.25) is 0 Å². The van der Waals surface area contributed by atoms with Crippen molar-refractivity contribution < 1.29 is 19.4 Å². The van der Waals surface area contributed by atoms with Gasteiger partial charge in [-0.05, 0) is 22.8 Å². The molecule has 0 aliphatic heterocycles. The van der Waals surface area contributed by atoms with Gasteiger partial charge in [-0.1, -0.05) is 42.5 Å². The van der Waals surface area contributed by atoms with Gasteiger partial charge < -0.3 is 15.6 Å². The van der Waals surface area contributed by atoms with Crippen molar-refractivity contribution in [3.63, 3.8) is 0 Å². The number of hydrogen-bond donors (Lipinski definition) is 2. The summed E-state index contributed by atoms with van der Waals surface area (Å²) in [6.45, 7) is -0.841. The number of hydrogen-bond acceptors (Lipinski definition) is 5. The van der Waals surface area contributed by atoms with Crippen molar-refractivity contribution >= 4 is 22.7 Å². The lowest BCUT2D eigenvalue weighted by atomic mass is 9.99. The van der Waals surface area contributed by atoms with E-state index in [1.54, 1.807) is 0 Å². The molecule has 0 saturated carbocycles. The average Bonchev–Trinajstić information content (AvgIpc) is 2.47. The number of benzene rings is 2. The molecule has 2 aromatic carbocycles. The van der Waals surface area contributed by atoms with E-state index in [1.165, 1.54) is 0 Å². The van der Waals surface area contributed by atoms with Crippen LogP contribution in [-0.2, 0) is 20.7 Å². The second-order valence-corrected chi connectivity index (χ2v) is 4.40. The summed E-state index contributed by atoms with van der Waals surface area (Å²) in [5.74, 6) is -1.83. The highest BCUT2D eigenvalue weighted by molar-refractivity contribution is 5.90. The van der Waals surface area contributed by atoms with Crippen LogP contribution >= 0.6 is 0 Å². The fraction of sp³-hybridized carbons (Fsp3) is 0.200. The van der Waals surface area contributed by atoms with E-state index in [9.17, 15) is 9.59 Å². The van der Waals surface area contributed by atoms with Crippen LogP contribution in [0, 0.1) is 0 Å². The van der Waals surface area contributed by atoms with Crippen LogP contribution in [0.2, 0.25) is 0 Å². The molecule has 0 aliphatic carbocycles. The fourth-order valence-corrected chi connectivity index (χ4v) is 2.01. The van der Waals surface area contributed by atoms with Crippen molar-refractivity contribution in [3.05, 3.63) is 48.0 Å². The summed E-state index contributed by atoms with van der Waals surface area (Å²) < 4.78 is 4.39. The van der Waals surface area contributed by atoms with Gasteiger partial charge in [-0.3, -0.25) is 0 Å². The van der Waals surface area contributed by atoms with Crippen LogP contribution in [0.1, 0.15) is 5.56 Å². The number of carbonyl (C=O) groups excluding carboxylic acids is 2. The summed E-state index contributed by atoms with van der Waals surface area (Å²) in [6, 6.07) is 12.5. The van der Waals surface area contributed by atoms with Crippen molar-refractivity contribution in [1.29, 1.82) is 0 Å². The molecular formula is C15H15NO4. The maximum Gasteiger partial charge on any atom is 0.339 e. The van der Waals surface area contributed by atoms with Crippen molar-refractivity contribution in [1.82, 2.24) is 0 Å². The van der Waals surface area contributed by atoms with Gasteiger partial charge in [0.15, 0.2) is 0 Å². The minimum Gasteiger partial charge on any atom is -0.390 e. The molecule has 0 bridgehead atoms. The molecule has 20 heavy (non-hydrogen) atoms. The van der Waals surface area contributed by atoms with E-state index < -0.39 is 24.6 Å². The Morgan fingerprint density at radius 1 is 1.15 bits per heavy atom. The maximum absolute atomic E-state index is 11.6. The highest BCUT2D eigenvalue weighted by atomic mass is 16.6. The lowest BCUT2D eigenvalue weighted by Gasteiger charge is -2.12. The minimum absolute atomic E-state index is 0.263. The van der Waals surface area contributed by atoms with E-state index in [1.807, 2.05) is 42.5 Å². The first-order valence-corrected chi connectivity index (χ1v) is 6.19. The maximum atomic E-state index is 11.6. The Morgan fingerprint density at radius 3 is 2.60 bits per heavy atom. The van der Waals surface area contributed by atoms with Gasteiger partial charge in [0.25, 0.3) is 0 Å². The molecule has 5 nitrogen and oxygen atoms in total. The quantitative estimate of drug-likeness (QED) is 0.634. The number of esters is 2. The zero-order valence-electron chi connectivity index (χ0n) is 10.8. The Kier molecular flexibility index (Phi) is 4.45. The molecule has 0 saturated heterocycles. The average molecular weight is 273 g/mol. The van der Waals surface area contributed by atoms with Crippen LogP contribution in [0.4, 0.5) is 0 Å². The van der Waals surface area contributed by atoms with Gasteiger partial charge in [0.05, 0.1) is 0 Å². The molecule has 0 aliphatic rings. The molecule has 2 aromatic rings. The lowest BCUT2D eigenvalue weighted by Crippen LogP contribution is -2.36. The first kappa shape index (κ1) is 14.2. The molecule has 104 valence electrons. The highest BCUT2D eigenvalue weighted by Gasteiger charge is 2.19. The van der Waals surface area contributed by atoms with Crippen molar-refractivity contribution in [2.45, 2.75) is 12.5 Å². The number of fused-ring (bicyclic) bond motifs is 1. The topological polar surface area (TPSA) is 89.6 Å². The van der Waals surface area contributed by atoms with Crippen LogP contribution in [0.25, 0.3) is 10.8 Å². The van der Waals surface area contributed by atoms with Gasteiger partial charge in [-0.15, -0.1) is 0 Å². The fourth-order valence-electron chi connectivity index (χ4n) is 2.01. The van der Waals surface area contributed by atoms with Crippen LogP contribution in [-0.4, -0.2) is 29.7 Å².